The van der Waals surface area contributed by atoms with Gasteiger partial charge in [0, 0.05) is 32.6 Å². The van der Waals surface area contributed by atoms with Gasteiger partial charge in [-0.05, 0) is 88.7 Å². The van der Waals surface area contributed by atoms with Crippen LogP contribution in [-0.2, 0) is 22.1 Å². The molecular weight excluding hydrogens is 637 g/mol. The van der Waals surface area contributed by atoms with Gasteiger partial charge in [0.05, 0.1) is 17.0 Å². The molecule has 2 aromatic carbocycles. The largest absolute Gasteiger partial charge is 0.459 e. The Morgan fingerprint density at radius 3 is 2.19 bits per heavy atom. The molecule has 0 bridgehead atoms. The second kappa shape index (κ2) is 15.0. The van der Waals surface area contributed by atoms with E-state index < -0.39 is 39.2 Å². The number of hydrogen-bond donors (Lipinski definition) is 2. The maximum atomic E-state index is 14.1. The summed E-state index contributed by atoms with van der Waals surface area (Å²) in [6, 6.07) is 10.9. The number of halogens is 3. The Balaban J connectivity index is 1.84. The van der Waals surface area contributed by atoms with Crippen molar-refractivity contribution in [3.63, 3.8) is 0 Å². The highest BCUT2D eigenvalue weighted by Gasteiger charge is 2.41. The van der Waals surface area contributed by atoms with Crippen LogP contribution in [0.2, 0.25) is 0 Å². The molecule has 3 rings (SSSR count). The van der Waals surface area contributed by atoms with Gasteiger partial charge in [-0.25, -0.2) is 4.79 Å². The summed E-state index contributed by atoms with van der Waals surface area (Å²) in [7, 11) is 0. The molecule has 0 amide bonds. The number of ether oxygens (including phenoxy) is 1. The fourth-order valence-corrected chi connectivity index (χ4v) is 7.54. The number of benzene rings is 2. The number of hydrogen-bond acceptors (Lipinski definition) is 7. The predicted molar refractivity (Wildman–Crippen MR) is 190 cm³/mol. The molecular formula is C38H53F3N2O4S. The molecule has 3 aromatic rings. The van der Waals surface area contributed by atoms with E-state index in [0.717, 1.165) is 30.2 Å². The summed E-state index contributed by atoms with van der Waals surface area (Å²) >= 11 is 1.52. The molecule has 1 heterocycles. The third kappa shape index (κ3) is 10.8. The Morgan fingerprint density at radius 1 is 0.938 bits per heavy atom. The van der Waals surface area contributed by atoms with Gasteiger partial charge in [0.2, 0.25) is 0 Å². The molecule has 0 saturated carbocycles. The average Bonchev–Trinajstić information content (AvgIpc) is 2.93. The number of thioether (sulfide) groups is 1. The van der Waals surface area contributed by atoms with Gasteiger partial charge < -0.3 is 20.6 Å². The maximum Gasteiger partial charge on any atom is 0.417 e. The van der Waals surface area contributed by atoms with Crippen molar-refractivity contribution >= 4 is 28.7 Å². The van der Waals surface area contributed by atoms with Crippen molar-refractivity contribution in [2.45, 2.75) is 128 Å². The second-order valence-electron chi connectivity index (χ2n) is 15.6. The number of carbonyl (C=O) groups excluding carboxylic acids is 1. The minimum atomic E-state index is -4.63. The van der Waals surface area contributed by atoms with Crippen LogP contribution in [0.4, 0.5) is 13.2 Å². The van der Waals surface area contributed by atoms with Gasteiger partial charge in [-0.3, -0.25) is 4.79 Å². The Labute approximate surface area is 287 Å². The smallest absolute Gasteiger partial charge is 0.417 e. The number of carbonyl (C=O) groups is 1. The molecule has 1 unspecified atom stereocenters. The van der Waals surface area contributed by atoms with E-state index in [-0.39, 0.29) is 28.1 Å². The minimum Gasteiger partial charge on any atom is -0.459 e. The van der Waals surface area contributed by atoms with E-state index >= 15 is 0 Å². The van der Waals surface area contributed by atoms with E-state index in [2.05, 4.69) is 0 Å². The topological polar surface area (TPSA) is 109 Å². The van der Waals surface area contributed by atoms with E-state index in [4.69, 9.17) is 20.6 Å². The normalized spacial score (nSPS) is 14.0. The first-order chi connectivity index (χ1) is 22.0. The van der Waals surface area contributed by atoms with Gasteiger partial charge >= 0.3 is 17.8 Å². The summed E-state index contributed by atoms with van der Waals surface area (Å²) in [6.45, 7) is 17.9. The number of alkyl halides is 3. The standard InChI is InChI=1S/C38H53F3N2O4S/c1-10-11-12-13-24-14-17-27(29(18-24)38(39,40)41)28-19-25-15-16-26(20-31(25)46-32(28)44)48-36(6,7)22-35(4,5)47-33(45)30(37(8,9)43)21-34(2,3)23-42/h14-20,30H,10-13,21-23,42-43H2,1-9H3. The SMILES string of the molecule is CCCCCc1ccc(-c2cc3ccc(SC(C)(C)CC(C)(C)OC(=O)C(CC(C)(C)CN)C(C)(C)N)cc3oc2=O)c(C(F)(F)F)c1. The van der Waals surface area contributed by atoms with Crippen LogP contribution in [0.5, 0.6) is 0 Å². The average molecular weight is 691 g/mol. The fourth-order valence-electron chi connectivity index (χ4n) is 6.18. The summed E-state index contributed by atoms with van der Waals surface area (Å²) in [5.74, 6) is -0.909. The summed E-state index contributed by atoms with van der Waals surface area (Å²) in [5.41, 5.74) is 9.30. The van der Waals surface area contributed by atoms with Crippen molar-refractivity contribution in [2.24, 2.45) is 22.8 Å². The minimum absolute atomic E-state index is 0.131. The lowest BCUT2D eigenvalue weighted by Crippen LogP contribution is -2.50. The lowest BCUT2D eigenvalue weighted by atomic mass is 9.75. The molecule has 1 atom stereocenters. The summed E-state index contributed by atoms with van der Waals surface area (Å²) < 4.78 is 53.7. The highest BCUT2D eigenvalue weighted by molar-refractivity contribution is 8.00. The highest BCUT2D eigenvalue weighted by Crippen LogP contribution is 2.42. The first-order valence-corrected chi connectivity index (χ1v) is 17.5. The molecule has 6 nitrogen and oxygen atoms in total. The molecule has 266 valence electrons. The summed E-state index contributed by atoms with van der Waals surface area (Å²) in [5, 5.41) is 0.511. The van der Waals surface area contributed by atoms with Gasteiger partial charge in [-0.1, -0.05) is 65.7 Å². The Kier molecular flexibility index (Phi) is 12.4. The van der Waals surface area contributed by atoms with Crippen molar-refractivity contribution in [1.82, 2.24) is 0 Å². The van der Waals surface area contributed by atoms with E-state index in [1.54, 1.807) is 18.2 Å². The Hall–Kier alpha value is -2.82. The van der Waals surface area contributed by atoms with E-state index in [0.29, 0.717) is 36.8 Å². The van der Waals surface area contributed by atoms with Crippen LogP contribution in [0.15, 0.2) is 56.6 Å². The third-order valence-electron chi connectivity index (χ3n) is 8.57. The Bertz CT molecular complexity index is 1640. The van der Waals surface area contributed by atoms with Crippen molar-refractivity contribution in [2.75, 3.05) is 6.54 Å². The van der Waals surface area contributed by atoms with Crippen molar-refractivity contribution < 1.29 is 27.1 Å². The second-order valence-corrected chi connectivity index (χ2v) is 17.4. The monoisotopic (exact) mass is 690 g/mol. The zero-order chi connectivity index (χ0) is 36.3. The summed E-state index contributed by atoms with van der Waals surface area (Å²) in [6.07, 6.45) is -0.409. The molecule has 10 heteroatoms. The van der Waals surface area contributed by atoms with E-state index in [9.17, 15) is 22.8 Å². The summed E-state index contributed by atoms with van der Waals surface area (Å²) in [4.78, 5) is 27.4. The van der Waals surface area contributed by atoms with Crippen LogP contribution < -0.4 is 17.1 Å². The number of rotatable bonds is 15. The van der Waals surface area contributed by atoms with Crippen LogP contribution in [0.1, 0.15) is 106 Å². The molecule has 0 aliphatic carbocycles. The molecule has 0 spiro atoms. The molecule has 4 N–H and O–H groups in total. The van der Waals surface area contributed by atoms with Gasteiger partial charge in [0.25, 0.3) is 0 Å². The van der Waals surface area contributed by atoms with Crippen LogP contribution in [0, 0.1) is 11.3 Å². The maximum absolute atomic E-state index is 14.1. The molecule has 0 radical (unpaired) electrons. The van der Waals surface area contributed by atoms with Gasteiger partial charge in [-0.15, -0.1) is 11.8 Å². The molecule has 1 aromatic heterocycles. The van der Waals surface area contributed by atoms with Crippen LogP contribution in [-0.4, -0.2) is 28.4 Å². The first kappa shape index (κ1) is 39.6. The van der Waals surface area contributed by atoms with Gasteiger partial charge in [0.1, 0.15) is 11.2 Å². The van der Waals surface area contributed by atoms with Gasteiger partial charge in [-0.2, -0.15) is 13.2 Å². The number of fused-ring (bicyclic) bond motifs is 1. The quantitative estimate of drug-likeness (QED) is 0.0708. The fraction of sp³-hybridized carbons (Fsp3) is 0.579. The molecule has 0 aliphatic heterocycles. The van der Waals surface area contributed by atoms with Crippen LogP contribution in [0.3, 0.4) is 0 Å². The third-order valence-corrected chi connectivity index (χ3v) is 9.76. The number of aryl methyl sites for hydroxylation is 1. The number of unbranched alkanes of at least 4 members (excludes halogenated alkanes) is 2. The first-order valence-electron chi connectivity index (χ1n) is 16.7. The number of nitrogens with two attached hydrogens (primary N) is 2. The number of esters is 1. The van der Waals surface area contributed by atoms with Crippen LogP contribution in [0.25, 0.3) is 22.1 Å². The van der Waals surface area contributed by atoms with Crippen molar-refractivity contribution in [1.29, 1.82) is 0 Å². The zero-order valence-corrected chi connectivity index (χ0v) is 30.7. The van der Waals surface area contributed by atoms with Gasteiger partial charge in [0.15, 0.2) is 0 Å². The predicted octanol–water partition coefficient (Wildman–Crippen LogP) is 9.52. The zero-order valence-electron chi connectivity index (χ0n) is 29.9. The van der Waals surface area contributed by atoms with E-state index in [1.165, 1.54) is 23.9 Å². The highest BCUT2D eigenvalue weighted by atomic mass is 32.2. The lowest BCUT2D eigenvalue weighted by molar-refractivity contribution is -0.166. The lowest BCUT2D eigenvalue weighted by Gasteiger charge is -2.39. The van der Waals surface area contributed by atoms with Crippen molar-refractivity contribution in [3.05, 3.63) is 64.0 Å². The molecule has 0 aliphatic rings. The molecule has 0 saturated heterocycles. The van der Waals surface area contributed by atoms with Crippen molar-refractivity contribution in [3.8, 4) is 11.1 Å². The molecule has 48 heavy (non-hydrogen) atoms. The van der Waals surface area contributed by atoms with Crippen LogP contribution >= 0.6 is 11.8 Å². The van der Waals surface area contributed by atoms with E-state index in [1.807, 2.05) is 68.4 Å². The Morgan fingerprint density at radius 2 is 1.60 bits per heavy atom. The molecule has 0 fully saturated rings.